The number of hydrogen-bond acceptors (Lipinski definition) is 7. The molecular weight excluding hydrogens is 348 g/mol. The minimum absolute atomic E-state index is 0.0894. The van der Waals surface area contributed by atoms with E-state index in [1.165, 1.54) is 18.2 Å². The Morgan fingerprint density at radius 2 is 1.89 bits per heavy atom. The summed E-state index contributed by atoms with van der Waals surface area (Å²) >= 11 is 0. The van der Waals surface area contributed by atoms with Gasteiger partial charge in [0.2, 0.25) is 0 Å². The third kappa shape index (κ3) is 3.39. The topological polar surface area (TPSA) is 117 Å². The summed E-state index contributed by atoms with van der Waals surface area (Å²) in [6, 6.07) is 13.4. The number of nitro groups is 1. The highest BCUT2D eigenvalue weighted by atomic mass is 16.6. The van der Waals surface area contributed by atoms with E-state index in [1.807, 2.05) is 18.2 Å². The molecule has 1 saturated carbocycles. The molecule has 27 heavy (non-hydrogen) atoms. The maximum atomic E-state index is 11.2. The van der Waals surface area contributed by atoms with Gasteiger partial charge in [0.15, 0.2) is 5.82 Å². The zero-order valence-corrected chi connectivity index (χ0v) is 14.5. The summed E-state index contributed by atoms with van der Waals surface area (Å²) in [5.41, 5.74) is 6.04. The highest BCUT2D eigenvalue weighted by Gasteiger charge is 2.36. The fourth-order valence-electron chi connectivity index (χ4n) is 3.27. The monoisotopic (exact) mass is 366 g/mol. The number of aromatic nitrogens is 2. The summed E-state index contributed by atoms with van der Waals surface area (Å²) in [5.74, 6) is 1.56. The number of nitrogens with two attached hydrogens (primary N) is 1. The zero-order valence-electron chi connectivity index (χ0n) is 14.5. The lowest BCUT2D eigenvalue weighted by molar-refractivity contribution is -0.384. The fraction of sp³-hybridized carbons (Fsp3) is 0.263. The third-order valence-electron chi connectivity index (χ3n) is 4.74. The molecule has 0 bridgehead atoms. The third-order valence-corrected chi connectivity index (χ3v) is 4.74. The van der Waals surface area contributed by atoms with Gasteiger partial charge < -0.3 is 15.0 Å². The molecule has 1 aliphatic rings. The van der Waals surface area contributed by atoms with E-state index in [1.54, 1.807) is 12.1 Å². The number of benzene rings is 2. The molecule has 0 unspecified atom stereocenters. The van der Waals surface area contributed by atoms with Gasteiger partial charge in [-0.3, -0.25) is 10.1 Å². The molecule has 0 radical (unpaired) electrons. The van der Waals surface area contributed by atoms with Gasteiger partial charge in [-0.2, -0.15) is 4.98 Å². The van der Waals surface area contributed by atoms with Crippen LogP contribution >= 0.6 is 0 Å². The lowest BCUT2D eigenvalue weighted by Gasteiger charge is -2.17. The minimum atomic E-state index is -0.608. The van der Waals surface area contributed by atoms with Crippen molar-refractivity contribution in [2.24, 2.45) is 5.73 Å². The predicted octanol–water partition coefficient (Wildman–Crippen LogP) is 4.17. The van der Waals surface area contributed by atoms with Gasteiger partial charge >= 0.3 is 0 Å². The summed E-state index contributed by atoms with van der Waals surface area (Å²) in [5, 5.41) is 15.2. The average Bonchev–Trinajstić information content (AvgIpc) is 3.33. The molecule has 2 aromatic carbocycles. The average molecular weight is 366 g/mol. The first kappa shape index (κ1) is 17.2. The highest BCUT2D eigenvalue weighted by Crippen LogP contribution is 2.38. The lowest BCUT2D eigenvalue weighted by atomic mass is 9.98. The first-order valence-electron chi connectivity index (χ1n) is 8.70. The van der Waals surface area contributed by atoms with Crippen molar-refractivity contribution in [2.45, 2.75) is 31.2 Å². The second kappa shape index (κ2) is 6.81. The van der Waals surface area contributed by atoms with Gasteiger partial charge in [0.1, 0.15) is 11.5 Å². The number of para-hydroxylation sites is 1. The smallest absolute Gasteiger partial charge is 0.270 e. The van der Waals surface area contributed by atoms with Crippen molar-refractivity contribution in [1.29, 1.82) is 0 Å². The predicted molar refractivity (Wildman–Crippen MR) is 97.2 cm³/mol. The maximum absolute atomic E-state index is 11.2. The van der Waals surface area contributed by atoms with Crippen molar-refractivity contribution in [3.05, 3.63) is 64.5 Å². The lowest BCUT2D eigenvalue weighted by Crippen LogP contribution is -2.34. The molecule has 138 valence electrons. The molecule has 4 rings (SSSR count). The molecule has 1 heterocycles. The van der Waals surface area contributed by atoms with Crippen LogP contribution in [0.3, 0.4) is 0 Å². The molecule has 2 N–H and O–H groups in total. The molecule has 0 atom stereocenters. The Hall–Kier alpha value is -3.26. The van der Waals surface area contributed by atoms with E-state index in [0.29, 0.717) is 22.9 Å². The SMILES string of the molecule is NC1(c2noc(-c3cc([N+](=O)[O-])ccc3Oc3ccccc3)n2)CCCC1. The Bertz CT molecular complexity index is 965. The first-order chi connectivity index (χ1) is 13.0. The van der Waals surface area contributed by atoms with Crippen LogP contribution < -0.4 is 10.5 Å². The van der Waals surface area contributed by atoms with Crippen LogP contribution in [0.4, 0.5) is 5.69 Å². The number of non-ortho nitro benzene ring substituents is 1. The Kier molecular flexibility index (Phi) is 4.33. The molecule has 0 aliphatic heterocycles. The van der Waals surface area contributed by atoms with Crippen LogP contribution in [-0.4, -0.2) is 15.1 Å². The van der Waals surface area contributed by atoms with Crippen LogP contribution in [0.25, 0.3) is 11.5 Å². The zero-order chi connectivity index (χ0) is 18.9. The Balaban J connectivity index is 1.74. The van der Waals surface area contributed by atoms with Crippen LogP contribution in [0, 0.1) is 10.1 Å². The molecule has 1 aliphatic carbocycles. The number of hydrogen-bond donors (Lipinski definition) is 1. The molecule has 8 nitrogen and oxygen atoms in total. The summed E-state index contributed by atoms with van der Waals surface area (Å²) in [4.78, 5) is 15.2. The summed E-state index contributed by atoms with van der Waals surface area (Å²) < 4.78 is 11.3. The van der Waals surface area contributed by atoms with Crippen molar-refractivity contribution in [1.82, 2.24) is 10.1 Å². The van der Waals surface area contributed by atoms with Crippen LogP contribution in [0.1, 0.15) is 31.5 Å². The van der Waals surface area contributed by atoms with Crippen molar-refractivity contribution in [3.8, 4) is 23.0 Å². The van der Waals surface area contributed by atoms with Gasteiger partial charge in [0, 0.05) is 12.1 Å². The molecule has 1 fully saturated rings. The number of nitrogens with zero attached hydrogens (tertiary/aromatic N) is 3. The first-order valence-corrected chi connectivity index (χ1v) is 8.70. The van der Waals surface area contributed by atoms with Gasteiger partial charge in [-0.15, -0.1) is 0 Å². The molecule has 8 heteroatoms. The van der Waals surface area contributed by atoms with Crippen LogP contribution in [0.15, 0.2) is 53.1 Å². The van der Waals surface area contributed by atoms with Gasteiger partial charge in [-0.05, 0) is 31.0 Å². The minimum Gasteiger partial charge on any atom is -0.457 e. The van der Waals surface area contributed by atoms with Crippen LogP contribution in [0.5, 0.6) is 11.5 Å². The summed E-state index contributed by atoms with van der Waals surface area (Å²) in [6.07, 6.45) is 3.60. The number of rotatable bonds is 5. The van der Waals surface area contributed by atoms with E-state index in [-0.39, 0.29) is 11.6 Å². The molecule has 0 spiro atoms. The van der Waals surface area contributed by atoms with Gasteiger partial charge in [-0.1, -0.05) is 36.2 Å². The van der Waals surface area contributed by atoms with E-state index in [9.17, 15) is 10.1 Å². The van der Waals surface area contributed by atoms with E-state index in [4.69, 9.17) is 15.0 Å². The second-order valence-corrected chi connectivity index (χ2v) is 6.64. The standard InChI is InChI=1S/C19H18N4O4/c20-19(10-4-5-11-19)18-21-17(27-22-18)15-12-13(23(24)25)8-9-16(15)26-14-6-2-1-3-7-14/h1-3,6-9,12H,4-5,10-11,20H2. The normalized spacial score (nSPS) is 15.6. The number of nitro benzene ring substituents is 1. The van der Waals surface area contributed by atoms with Crippen molar-refractivity contribution >= 4 is 5.69 Å². The van der Waals surface area contributed by atoms with Gasteiger partial charge in [0.25, 0.3) is 11.6 Å². The van der Waals surface area contributed by atoms with E-state index in [2.05, 4.69) is 10.1 Å². The molecule has 3 aromatic rings. The quantitative estimate of drug-likeness (QED) is 0.532. The largest absolute Gasteiger partial charge is 0.457 e. The van der Waals surface area contributed by atoms with E-state index < -0.39 is 10.5 Å². The van der Waals surface area contributed by atoms with E-state index in [0.717, 1.165) is 25.7 Å². The van der Waals surface area contributed by atoms with Crippen molar-refractivity contribution in [3.63, 3.8) is 0 Å². The Labute approximate surface area is 155 Å². The van der Waals surface area contributed by atoms with Crippen molar-refractivity contribution < 1.29 is 14.2 Å². The number of ether oxygens (including phenoxy) is 1. The summed E-state index contributed by atoms with van der Waals surface area (Å²) in [6.45, 7) is 0. The molecule has 0 saturated heterocycles. The molecular formula is C19H18N4O4. The maximum Gasteiger partial charge on any atom is 0.270 e. The van der Waals surface area contributed by atoms with Crippen LogP contribution in [0.2, 0.25) is 0 Å². The highest BCUT2D eigenvalue weighted by molar-refractivity contribution is 5.67. The van der Waals surface area contributed by atoms with Gasteiger partial charge in [-0.25, -0.2) is 0 Å². The van der Waals surface area contributed by atoms with E-state index >= 15 is 0 Å². The van der Waals surface area contributed by atoms with Crippen LogP contribution in [-0.2, 0) is 5.54 Å². The second-order valence-electron chi connectivity index (χ2n) is 6.64. The Morgan fingerprint density at radius 1 is 1.15 bits per heavy atom. The fourth-order valence-corrected chi connectivity index (χ4v) is 3.27. The molecule has 0 amide bonds. The molecule has 1 aromatic heterocycles. The van der Waals surface area contributed by atoms with Crippen molar-refractivity contribution in [2.75, 3.05) is 0 Å². The summed E-state index contributed by atoms with van der Waals surface area (Å²) in [7, 11) is 0. The Morgan fingerprint density at radius 3 is 2.59 bits per heavy atom. The van der Waals surface area contributed by atoms with Gasteiger partial charge in [0.05, 0.1) is 16.0 Å².